The summed E-state index contributed by atoms with van der Waals surface area (Å²) in [5.41, 5.74) is 3.56. The molecule has 0 radical (unpaired) electrons. The van der Waals surface area contributed by atoms with Gasteiger partial charge in [0.1, 0.15) is 0 Å². The molecule has 1 heterocycles. The van der Waals surface area contributed by atoms with Crippen molar-refractivity contribution >= 4 is 5.91 Å². The number of hydrogen-bond acceptors (Lipinski definition) is 3. The van der Waals surface area contributed by atoms with E-state index >= 15 is 0 Å². The van der Waals surface area contributed by atoms with E-state index < -0.39 is 0 Å². The standard InChI is InChI=1S/C19H19NO3/c21-19(11-13-8-9-17-18(10-13)23-12-22-17)20-16-7-3-5-14-4-1-2-6-15(14)16/h1-2,4,6,8-10,16H,3,5,7,11-12H2,(H,20,21)/t16-/m0/s1. The van der Waals surface area contributed by atoms with E-state index in [1.165, 1.54) is 11.1 Å². The average Bonchev–Trinajstić information content (AvgIpc) is 3.03. The van der Waals surface area contributed by atoms with Crippen LogP contribution in [0.15, 0.2) is 42.5 Å². The zero-order valence-corrected chi connectivity index (χ0v) is 12.9. The van der Waals surface area contributed by atoms with Crippen LogP contribution in [0.5, 0.6) is 11.5 Å². The van der Waals surface area contributed by atoms with Gasteiger partial charge < -0.3 is 14.8 Å². The van der Waals surface area contributed by atoms with Crippen LogP contribution in [-0.4, -0.2) is 12.7 Å². The van der Waals surface area contributed by atoms with Crippen LogP contribution in [0.4, 0.5) is 0 Å². The van der Waals surface area contributed by atoms with Crippen molar-refractivity contribution in [3.8, 4) is 11.5 Å². The highest BCUT2D eigenvalue weighted by molar-refractivity contribution is 5.79. The molecule has 0 fully saturated rings. The van der Waals surface area contributed by atoms with Gasteiger partial charge in [0.15, 0.2) is 11.5 Å². The van der Waals surface area contributed by atoms with E-state index in [-0.39, 0.29) is 18.7 Å². The summed E-state index contributed by atoms with van der Waals surface area (Å²) in [5, 5.41) is 3.18. The lowest BCUT2D eigenvalue weighted by atomic mass is 9.87. The molecular formula is C19H19NO3. The third-order valence-corrected chi connectivity index (χ3v) is 4.51. The van der Waals surface area contributed by atoms with Crippen molar-refractivity contribution in [2.75, 3.05) is 6.79 Å². The molecule has 2 aromatic carbocycles. The Hall–Kier alpha value is -2.49. The molecule has 2 aliphatic rings. The Labute approximate surface area is 135 Å². The third kappa shape index (κ3) is 2.89. The Morgan fingerprint density at radius 1 is 1.13 bits per heavy atom. The number of benzene rings is 2. The molecule has 118 valence electrons. The van der Waals surface area contributed by atoms with Gasteiger partial charge in [-0.1, -0.05) is 30.3 Å². The maximum absolute atomic E-state index is 12.4. The van der Waals surface area contributed by atoms with Crippen LogP contribution in [0.3, 0.4) is 0 Å². The fraction of sp³-hybridized carbons (Fsp3) is 0.316. The monoisotopic (exact) mass is 309 g/mol. The summed E-state index contributed by atoms with van der Waals surface area (Å²) in [5.74, 6) is 1.51. The van der Waals surface area contributed by atoms with Crippen molar-refractivity contribution in [3.63, 3.8) is 0 Å². The summed E-state index contributed by atoms with van der Waals surface area (Å²) >= 11 is 0. The van der Waals surface area contributed by atoms with E-state index in [0.29, 0.717) is 6.42 Å². The molecule has 4 nitrogen and oxygen atoms in total. The highest BCUT2D eigenvalue weighted by Crippen LogP contribution is 2.33. The summed E-state index contributed by atoms with van der Waals surface area (Å²) in [6.45, 7) is 0.254. The molecule has 2 aromatic rings. The van der Waals surface area contributed by atoms with Crippen molar-refractivity contribution in [3.05, 3.63) is 59.2 Å². The zero-order valence-electron chi connectivity index (χ0n) is 12.9. The number of nitrogens with one attached hydrogen (secondary N) is 1. The van der Waals surface area contributed by atoms with E-state index in [9.17, 15) is 4.79 Å². The van der Waals surface area contributed by atoms with E-state index in [0.717, 1.165) is 36.3 Å². The molecule has 4 heteroatoms. The van der Waals surface area contributed by atoms with Crippen LogP contribution in [0.2, 0.25) is 0 Å². The van der Waals surface area contributed by atoms with Gasteiger partial charge in [-0.05, 0) is 48.1 Å². The van der Waals surface area contributed by atoms with E-state index in [4.69, 9.17) is 9.47 Å². The molecule has 1 aliphatic heterocycles. The topological polar surface area (TPSA) is 47.6 Å². The van der Waals surface area contributed by atoms with Crippen molar-refractivity contribution < 1.29 is 14.3 Å². The number of fused-ring (bicyclic) bond motifs is 2. The lowest BCUT2D eigenvalue weighted by molar-refractivity contribution is -0.121. The quantitative estimate of drug-likeness (QED) is 0.947. The molecule has 0 unspecified atom stereocenters. The minimum atomic E-state index is 0.0468. The molecule has 1 atom stereocenters. The van der Waals surface area contributed by atoms with Crippen LogP contribution >= 0.6 is 0 Å². The van der Waals surface area contributed by atoms with E-state index in [1.807, 2.05) is 24.3 Å². The summed E-state index contributed by atoms with van der Waals surface area (Å²) in [6, 6.07) is 14.2. The Morgan fingerprint density at radius 3 is 2.96 bits per heavy atom. The van der Waals surface area contributed by atoms with E-state index in [1.54, 1.807) is 0 Å². The second-order valence-electron chi connectivity index (χ2n) is 6.08. The summed E-state index contributed by atoms with van der Waals surface area (Å²) in [7, 11) is 0. The highest BCUT2D eigenvalue weighted by Gasteiger charge is 2.21. The van der Waals surface area contributed by atoms with Gasteiger partial charge in [-0.25, -0.2) is 0 Å². The molecule has 1 amide bonds. The van der Waals surface area contributed by atoms with Gasteiger partial charge in [0, 0.05) is 0 Å². The predicted molar refractivity (Wildman–Crippen MR) is 86.5 cm³/mol. The fourth-order valence-electron chi connectivity index (χ4n) is 3.39. The smallest absolute Gasteiger partial charge is 0.231 e. The number of carbonyl (C=O) groups is 1. The SMILES string of the molecule is O=C(Cc1ccc2c(c1)OCO2)N[C@H]1CCCc2ccccc21. The van der Waals surface area contributed by atoms with Crippen LogP contribution in [0.25, 0.3) is 0 Å². The molecule has 0 bridgehead atoms. The minimum Gasteiger partial charge on any atom is -0.454 e. The summed E-state index contributed by atoms with van der Waals surface area (Å²) in [6.07, 6.45) is 3.58. The summed E-state index contributed by atoms with van der Waals surface area (Å²) < 4.78 is 10.7. The molecule has 1 aliphatic carbocycles. The number of hydrogen-bond donors (Lipinski definition) is 1. The number of rotatable bonds is 3. The number of aryl methyl sites for hydroxylation is 1. The van der Waals surface area contributed by atoms with Gasteiger partial charge in [0.05, 0.1) is 12.5 Å². The largest absolute Gasteiger partial charge is 0.454 e. The van der Waals surface area contributed by atoms with Gasteiger partial charge in [0.2, 0.25) is 12.7 Å². The van der Waals surface area contributed by atoms with Crippen LogP contribution < -0.4 is 14.8 Å². The van der Waals surface area contributed by atoms with Gasteiger partial charge in [-0.2, -0.15) is 0 Å². The lowest BCUT2D eigenvalue weighted by Gasteiger charge is -2.26. The maximum Gasteiger partial charge on any atom is 0.231 e. The van der Waals surface area contributed by atoms with Gasteiger partial charge >= 0.3 is 0 Å². The minimum absolute atomic E-state index is 0.0468. The Kier molecular flexibility index (Phi) is 3.66. The van der Waals surface area contributed by atoms with Gasteiger partial charge in [0.25, 0.3) is 0 Å². The molecule has 4 rings (SSSR count). The first-order valence-electron chi connectivity index (χ1n) is 8.05. The number of carbonyl (C=O) groups excluding carboxylic acids is 1. The average molecular weight is 309 g/mol. The fourth-order valence-corrected chi connectivity index (χ4v) is 3.39. The molecule has 0 aromatic heterocycles. The Balaban J connectivity index is 1.45. The molecule has 23 heavy (non-hydrogen) atoms. The first kappa shape index (κ1) is 14.1. The Morgan fingerprint density at radius 2 is 2.00 bits per heavy atom. The molecule has 0 saturated heterocycles. The summed E-state index contributed by atoms with van der Waals surface area (Å²) in [4.78, 5) is 12.4. The first-order valence-corrected chi connectivity index (χ1v) is 8.05. The Bertz CT molecular complexity index is 741. The first-order chi connectivity index (χ1) is 11.3. The second kappa shape index (κ2) is 5.95. The van der Waals surface area contributed by atoms with Crippen molar-refractivity contribution in [1.82, 2.24) is 5.32 Å². The lowest BCUT2D eigenvalue weighted by Crippen LogP contribution is -2.32. The molecule has 0 spiro atoms. The van der Waals surface area contributed by atoms with Gasteiger partial charge in [-0.15, -0.1) is 0 Å². The highest BCUT2D eigenvalue weighted by atomic mass is 16.7. The number of ether oxygens (including phenoxy) is 2. The molecular weight excluding hydrogens is 290 g/mol. The van der Waals surface area contributed by atoms with Crippen LogP contribution in [0.1, 0.15) is 35.6 Å². The number of amides is 1. The second-order valence-corrected chi connectivity index (χ2v) is 6.08. The molecule has 0 saturated carbocycles. The third-order valence-electron chi connectivity index (χ3n) is 4.51. The van der Waals surface area contributed by atoms with E-state index in [2.05, 4.69) is 23.5 Å². The zero-order chi connectivity index (χ0) is 15.6. The van der Waals surface area contributed by atoms with Crippen LogP contribution in [-0.2, 0) is 17.6 Å². The predicted octanol–water partition coefficient (Wildman–Crippen LogP) is 3.15. The van der Waals surface area contributed by atoms with Gasteiger partial charge in [-0.3, -0.25) is 4.79 Å². The van der Waals surface area contributed by atoms with Crippen molar-refractivity contribution in [2.45, 2.75) is 31.7 Å². The van der Waals surface area contributed by atoms with Crippen molar-refractivity contribution in [1.29, 1.82) is 0 Å². The maximum atomic E-state index is 12.4. The molecule has 1 N–H and O–H groups in total. The van der Waals surface area contributed by atoms with Crippen molar-refractivity contribution in [2.24, 2.45) is 0 Å². The normalized spacial score (nSPS) is 18.3. The van der Waals surface area contributed by atoms with Crippen LogP contribution in [0, 0.1) is 0 Å².